The fourth-order valence-electron chi connectivity index (χ4n) is 1.58. The Balaban J connectivity index is 2.74. The van der Waals surface area contributed by atoms with Crippen molar-refractivity contribution in [1.82, 2.24) is 4.98 Å². The second kappa shape index (κ2) is 7.19. The monoisotopic (exact) mass is 253 g/mol. The van der Waals surface area contributed by atoms with E-state index in [1.165, 1.54) is 0 Å². The van der Waals surface area contributed by atoms with E-state index in [0.29, 0.717) is 18.0 Å². The van der Waals surface area contributed by atoms with Crippen molar-refractivity contribution in [3.05, 3.63) is 23.9 Å². The average molecular weight is 253 g/mol. The molecule has 0 spiro atoms. The Labute approximate surface area is 108 Å². The molecule has 0 aliphatic rings. The molecule has 0 saturated heterocycles. The van der Waals surface area contributed by atoms with E-state index in [1.54, 1.807) is 13.3 Å². The van der Waals surface area contributed by atoms with Crippen molar-refractivity contribution in [2.24, 2.45) is 5.73 Å². The quantitative estimate of drug-likeness (QED) is 0.747. The molecule has 0 atom stereocenters. The Morgan fingerprint density at radius 3 is 2.88 bits per heavy atom. The summed E-state index contributed by atoms with van der Waals surface area (Å²) >= 11 is 4.91. The molecule has 1 aromatic heterocycles. The maximum Gasteiger partial charge on any atom is 0.131 e. The van der Waals surface area contributed by atoms with E-state index < -0.39 is 0 Å². The first-order chi connectivity index (χ1) is 8.15. The van der Waals surface area contributed by atoms with Gasteiger partial charge in [0.15, 0.2) is 0 Å². The van der Waals surface area contributed by atoms with Crippen molar-refractivity contribution < 1.29 is 4.74 Å². The average Bonchev–Trinajstić information content (AvgIpc) is 2.30. The summed E-state index contributed by atoms with van der Waals surface area (Å²) in [6.45, 7) is 4.27. The van der Waals surface area contributed by atoms with Crippen LogP contribution in [0.3, 0.4) is 0 Å². The SMILES string of the molecule is COCCN(CCC(N)=S)c1ncccc1C. The molecule has 0 bridgehead atoms. The molecule has 5 heteroatoms. The third-order valence-electron chi connectivity index (χ3n) is 2.47. The van der Waals surface area contributed by atoms with Crippen molar-refractivity contribution in [2.75, 3.05) is 31.7 Å². The van der Waals surface area contributed by atoms with Crippen LogP contribution in [0.1, 0.15) is 12.0 Å². The van der Waals surface area contributed by atoms with Gasteiger partial charge >= 0.3 is 0 Å². The second-order valence-electron chi connectivity index (χ2n) is 3.84. The van der Waals surface area contributed by atoms with Gasteiger partial charge < -0.3 is 15.4 Å². The van der Waals surface area contributed by atoms with Gasteiger partial charge in [-0.3, -0.25) is 0 Å². The summed E-state index contributed by atoms with van der Waals surface area (Å²) in [5.41, 5.74) is 6.68. The molecule has 0 aromatic carbocycles. The number of hydrogen-bond acceptors (Lipinski definition) is 4. The summed E-state index contributed by atoms with van der Waals surface area (Å²) in [5, 5.41) is 0. The van der Waals surface area contributed by atoms with Gasteiger partial charge in [-0.2, -0.15) is 0 Å². The van der Waals surface area contributed by atoms with Gasteiger partial charge in [-0.1, -0.05) is 18.3 Å². The molecule has 0 aliphatic carbocycles. The predicted octanol–water partition coefficient (Wildman–Crippen LogP) is 1.52. The number of nitrogens with two attached hydrogens (primary N) is 1. The minimum absolute atomic E-state index is 0.529. The highest BCUT2D eigenvalue weighted by molar-refractivity contribution is 7.80. The first kappa shape index (κ1) is 13.9. The number of hydrogen-bond donors (Lipinski definition) is 1. The lowest BCUT2D eigenvalue weighted by molar-refractivity contribution is 0.205. The first-order valence-corrected chi connectivity index (χ1v) is 5.99. The molecule has 17 heavy (non-hydrogen) atoms. The van der Waals surface area contributed by atoms with Gasteiger partial charge in [0.25, 0.3) is 0 Å². The normalized spacial score (nSPS) is 10.2. The van der Waals surface area contributed by atoms with E-state index >= 15 is 0 Å². The summed E-state index contributed by atoms with van der Waals surface area (Å²) in [6.07, 6.45) is 2.48. The molecule has 1 heterocycles. The van der Waals surface area contributed by atoms with Gasteiger partial charge in [0.05, 0.1) is 11.6 Å². The Morgan fingerprint density at radius 1 is 1.53 bits per heavy atom. The molecule has 0 saturated carbocycles. The lowest BCUT2D eigenvalue weighted by Crippen LogP contribution is -2.31. The zero-order chi connectivity index (χ0) is 12.7. The molecular weight excluding hydrogens is 234 g/mol. The van der Waals surface area contributed by atoms with Crippen molar-refractivity contribution in [2.45, 2.75) is 13.3 Å². The fraction of sp³-hybridized carbons (Fsp3) is 0.500. The zero-order valence-electron chi connectivity index (χ0n) is 10.3. The van der Waals surface area contributed by atoms with E-state index in [9.17, 15) is 0 Å². The smallest absolute Gasteiger partial charge is 0.131 e. The minimum atomic E-state index is 0.529. The highest BCUT2D eigenvalue weighted by Crippen LogP contribution is 2.15. The molecule has 0 amide bonds. The number of aromatic nitrogens is 1. The summed E-state index contributed by atoms with van der Waals surface area (Å²) in [6, 6.07) is 3.98. The van der Waals surface area contributed by atoms with Crippen LogP contribution < -0.4 is 10.6 Å². The van der Waals surface area contributed by atoms with E-state index in [-0.39, 0.29) is 0 Å². The molecule has 1 aromatic rings. The summed E-state index contributed by atoms with van der Waals surface area (Å²) in [4.78, 5) is 7.08. The van der Waals surface area contributed by atoms with Crippen LogP contribution in [0.2, 0.25) is 0 Å². The first-order valence-electron chi connectivity index (χ1n) is 5.59. The third kappa shape index (κ3) is 4.66. The highest BCUT2D eigenvalue weighted by Gasteiger charge is 2.10. The molecule has 0 radical (unpaired) electrons. The summed E-state index contributed by atoms with van der Waals surface area (Å²) in [7, 11) is 1.69. The van der Waals surface area contributed by atoms with Crippen LogP contribution in [0.5, 0.6) is 0 Å². The van der Waals surface area contributed by atoms with Crippen molar-refractivity contribution in [3.63, 3.8) is 0 Å². The van der Waals surface area contributed by atoms with Gasteiger partial charge in [0.1, 0.15) is 5.82 Å². The van der Waals surface area contributed by atoms with Gasteiger partial charge in [0.2, 0.25) is 0 Å². The Bertz CT molecular complexity index is 371. The topological polar surface area (TPSA) is 51.4 Å². The number of ether oxygens (including phenoxy) is 1. The molecular formula is C12H19N3OS. The number of anilines is 1. The molecule has 0 unspecified atom stereocenters. The van der Waals surface area contributed by atoms with Crippen LogP contribution in [-0.2, 0) is 4.74 Å². The van der Waals surface area contributed by atoms with E-state index in [0.717, 1.165) is 24.5 Å². The number of pyridine rings is 1. The number of rotatable bonds is 7. The van der Waals surface area contributed by atoms with Crippen LogP contribution in [0.25, 0.3) is 0 Å². The Kier molecular flexibility index (Phi) is 5.86. The number of methoxy groups -OCH3 is 1. The lowest BCUT2D eigenvalue weighted by Gasteiger charge is -2.24. The molecule has 1 rings (SSSR count). The molecule has 2 N–H and O–H groups in total. The summed E-state index contributed by atoms with van der Waals surface area (Å²) in [5.74, 6) is 0.973. The highest BCUT2D eigenvalue weighted by atomic mass is 32.1. The van der Waals surface area contributed by atoms with Crippen LogP contribution in [0.4, 0.5) is 5.82 Å². The number of nitrogens with zero attached hydrogens (tertiary/aromatic N) is 2. The zero-order valence-corrected chi connectivity index (χ0v) is 11.2. The Morgan fingerprint density at radius 2 is 2.29 bits per heavy atom. The molecule has 0 fully saturated rings. The lowest BCUT2D eigenvalue weighted by atomic mass is 10.2. The van der Waals surface area contributed by atoms with Crippen molar-refractivity contribution in [1.29, 1.82) is 0 Å². The van der Waals surface area contributed by atoms with Crippen molar-refractivity contribution in [3.8, 4) is 0 Å². The standard InChI is InChI=1S/C12H19N3OS/c1-10-4-3-6-14-12(10)15(8-9-16-2)7-5-11(13)17/h3-4,6H,5,7-9H2,1-2H3,(H2,13,17). The largest absolute Gasteiger partial charge is 0.393 e. The Hall–Kier alpha value is -1.20. The summed E-state index contributed by atoms with van der Waals surface area (Å²) < 4.78 is 5.11. The maximum absolute atomic E-state index is 5.54. The van der Waals surface area contributed by atoms with E-state index in [2.05, 4.69) is 9.88 Å². The van der Waals surface area contributed by atoms with Gasteiger partial charge in [-0.05, 0) is 18.6 Å². The van der Waals surface area contributed by atoms with Crippen LogP contribution in [0, 0.1) is 6.92 Å². The van der Waals surface area contributed by atoms with Gasteiger partial charge in [-0.15, -0.1) is 0 Å². The van der Waals surface area contributed by atoms with Gasteiger partial charge in [-0.25, -0.2) is 4.98 Å². The van der Waals surface area contributed by atoms with Crippen molar-refractivity contribution >= 4 is 23.0 Å². The van der Waals surface area contributed by atoms with Crippen LogP contribution >= 0.6 is 12.2 Å². The van der Waals surface area contributed by atoms with Crippen LogP contribution in [0.15, 0.2) is 18.3 Å². The number of aryl methyl sites for hydroxylation is 1. The fourth-order valence-corrected chi connectivity index (χ4v) is 1.67. The molecule has 0 aliphatic heterocycles. The van der Waals surface area contributed by atoms with Gasteiger partial charge in [0, 0.05) is 32.8 Å². The van der Waals surface area contributed by atoms with Crippen LogP contribution in [-0.4, -0.2) is 36.8 Å². The molecule has 94 valence electrons. The maximum atomic E-state index is 5.54. The second-order valence-corrected chi connectivity index (χ2v) is 4.36. The minimum Gasteiger partial charge on any atom is -0.393 e. The van der Waals surface area contributed by atoms with E-state index in [4.69, 9.17) is 22.7 Å². The third-order valence-corrected chi connectivity index (χ3v) is 2.68. The molecule has 4 nitrogen and oxygen atoms in total. The van der Waals surface area contributed by atoms with E-state index in [1.807, 2.05) is 19.1 Å². The predicted molar refractivity (Wildman–Crippen MR) is 74.5 cm³/mol. The number of thiocarbonyl (C=S) groups is 1.